The lowest BCUT2D eigenvalue weighted by atomic mass is 10.2. The number of aromatic nitrogens is 1. The highest BCUT2D eigenvalue weighted by Crippen LogP contribution is 2.31. The van der Waals surface area contributed by atoms with Crippen LogP contribution < -0.4 is 19.5 Å². The molecule has 0 saturated heterocycles. The molecule has 7 nitrogen and oxygen atoms in total. The van der Waals surface area contributed by atoms with Crippen LogP contribution in [0.25, 0.3) is 0 Å². The fourth-order valence-corrected chi connectivity index (χ4v) is 2.54. The molecular weight excluding hydrogens is 372 g/mol. The number of hydrogen-bond acceptors (Lipinski definition) is 6. The van der Waals surface area contributed by atoms with Gasteiger partial charge in [-0.3, -0.25) is 4.79 Å². The van der Waals surface area contributed by atoms with Gasteiger partial charge in [0.1, 0.15) is 17.9 Å². The number of pyridine rings is 1. The van der Waals surface area contributed by atoms with Crippen molar-refractivity contribution >= 4 is 11.6 Å². The second-order valence-electron chi connectivity index (χ2n) is 5.93. The summed E-state index contributed by atoms with van der Waals surface area (Å²) in [5, 5.41) is 2.83. The molecule has 1 amide bonds. The predicted octanol–water partition coefficient (Wildman–Crippen LogP) is 4.16. The lowest BCUT2D eigenvalue weighted by molar-refractivity contribution is 0.101. The maximum absolute atomic E-state index is 12.6. The SMILES string of the molecule is COCCOc1ncccc1C(=O)Nc1ccc(Oc2ccccc2OC)cc1. The van der Waals surface area contributed by atoms with Gasteiger partial charge in [0.25, 0.3) is 5.91 Å². The summed E-state index contributed by atoms with van der Waals surface area (Å²) in [6.07, 6.45) is 1.57. The summed E-state index contributed by atoms with van der Waals surface area (Å²) >= 11 is 0. The lowest BCUT2D eigenvalue weighted by Gasteiger charge is -2.12. The zero-order chi connectivity index (χ0) is 20.5. The molecule has 0 spiro atoms. The molecule has 0 aliphatic heterocycles. The Morgan fingerprint density at radius 1 is 0.931 bits per heavy atom. The number of benzene rings is 2. The third kappa shape index (κ3) is 5.46. The van der Waals surface area contributed by atoms with Gasteiger partial charge in [-0.25, -0.2) is 4.98 Å². The van der Waals surface area contributed by atoms with Gasteiger partial charge in [-0.2, -0.15) is 0 Å². The summed E-state index contributed by atoms with van der Waals surface area (Å²) < 4.78 is 21.6. The van der Waals surface area contributed by atoms with Crippen LogP contribution in [0.2, 0.25) is 0 Å². The van der Waals surface area contributed by atoms with E-state index in [2.05, 4.69) is 10.3 Å². The number of amides is 1. The Morgan fingerprint density at radius 2 is 1.69 bits per heavy atom. The molecule has 29 heavy (non-hydrogen) atoms. The smallest absolute Gasteiger partial charge is 0.261 e. The first kappa shape index (κ1) is 20.2. The largest absolute Gasteiger partial charge is 0.493 e. The number of carbonyl (C=O) groups is 1. The average Bonchev–Trinajstić information content (AvgIpc) is 2.76. The van der Waals surface area contributed by atoms with E-state index in [1.807, 2.05) is 24.3 Å². The molecule has 0 bridgehead atoms. The van der Waals surface area contributed by atoms with Gasteiger partial charge in [0, 0.05) is 19.0 Å². The van der Waals surface area contributed by atoms with E-state index in [9.17, 15) is 4.79 Å². The highest BCUT2D eigenvalue weighted by molar-refractivity contribution is 6.05. The standard InChI is InChI=1S/C22H22N2O5/c1-26-14-15-28-22-18(6-5-13-23-22)21(25)24-16-9-11-17(12-10-16)29-20-8-4-3-7-19(20)27-2/h3-13H,14-15H2,1-2H3,(H,24,25). The van der Waals surface area contributed by atoms with Crippen LogP contribution in [0, 0.1) is 0 Å². The number of ether oxygens (including phenoxy) is 4. The number of methoxy groups -OCH3 is 2. The molecule has 0 fully saturated rings. The maximum atomic E-state index is 12.6. The zero-order valence-corrected chi connectivity index (χ0v) is 16.3. The molecule has 0 unspecified atom stereocenters. The second-order valence-corrected chi connectivity index (χ2v) is 5.93. The molecule has 3 aromatic rings. The van der Waals surface area contributed by atoms with Gasteiger partial charge in [-0.05, 0) is 48.5 Å². The van der Waals surface area contributed by atoms with Gasteiger partial charge in [-0.1, -0.05) is 12.1 Å². The summed E-state index contributed by atoms with van der Waals surface area (Å²) in [7, 11) is 3.17. The Hall–Kier alpha value is -3.58. The van der Waals surface area contributed by atoms with Gasteiger partial charge >= 0.3 is 0 Å². The number of carbonyl (C=O) groups excluding carboxylic acids is 1. The molecule has 150 valence electrons. The Balaban J connectivity index is 1.66. The Kier molecular flexibility index (Phi) is 7.02. The van der Waals surface area contributed by atoms with E-state index in [0.717, 1.165) is 0 Å². The van der Waals surface area contributed by atoms with Gasteiger partial charge in [0.2, 0.25) is 5.88 Å². The van der Waals surface area contributed by atoms with Crippen LogP contribution in [0.15, 0.2) is 66.9 Å². The van der Waals surface area contributed by atoms with Crippen LogP contribution in [0.4, 0.5) is 5.69 Å². The van der Waals surface area contributed by atoms with E-state index < -0.39 is 0 Å². The lowest BCUT2D eigenvalue weighted by Crippen LogP contribution is -2.15. The minimum Gasteiger partial charge on any atom is -0.493 e. The van der Waals surface area contributed by atoms with Gasteiger partial charge in [0.05, 0.1) is 13.7 Å². The van der Waals surface area contributed by atoms with Crippen molar-refractivity contribution in [3.8, 4) is 23.1 Å². The average molecular weight is 394 g/mol. The Labute approximate surface area is 169 Å². The van der Waals surface area contributed by atoms with Crippen molar-refractivity contribution in [1.29, 1.82) is 0 Å². The normalized spacial score (nSPS) is 10.3. The van der Waals surface area contributed by atoms with E-state index in [-0.39, 0.29) is 11.8 Å². The maximum Gasteiger partial charge on any atom is 0.261 e. The predicted molar refractivity (Wildman–Crippen MR) is 109 cm³/mol. The molecule has 0 saturated carbocycles. The first-order valence-corrected chi connectivity index (χ1v) is 9.00. The Morgan fingerprint density at radius 3 is 2.41 bits per heavy atom. The molecule has 0 radical (unpaired) electrons. The van der Waals surface area contributed by atoms with Crippen LogP contribution in [0.1, 0.15) is 10.4 Å². The number of anilines is 1. The van der Waals surface area contributed by atoms with Crippen LogP contribution in [0.5, 0.6) is 23.1 Å². The fraction of sp³-hybridized carbons (Fsp3) is 0.182. The second kappa shape index (κ2) is 10.1. The molecule has 1 aromatic heterocycles. The molecule has 2 aromatic carbocycles. The quantitative estimate of drug-likeness (QED) is 0.549. The molecule has 1 heterocycles. The summed E-state index contributed by atoms with van der Waals surface area (Å²) in [5.41, 5.74) is 0.965. The van der Waals surface area contributed by atoms with Crippen molar-refractivity contribution in [2.45, 2.75) is 0 Å². The van der Waals surface area contributed by atoms with Crippen LogP contribution in [-0.2, 0) is 4.74 Å². The monoisotopic (exact) mass is 394 g/mol. The first-order chi connectivity index (χ1) is 14.2. The van der Waals surface area contributed by atoms with E-state index in [0.29, 0.717) is 41.7 Å². The Bertz CT molecular complexity index is 944. The summed E-state index contributed by atoms with van der Waals surface area (Å²) in [6, 6.07) is 17.8. The van der Waals surface area contributed by atoms with Gasteiger partial charge < -0.3 is 24.3 Å². The van der Waals surface area contributed by atoms with E-state index in [1.54, 1.807) is 56.8 Å². The van der Waals surface area contributed by atoms with Crippen molar-refractivity contribution < 1.29 is 23.7 Å². The number of hydrogen-bond donors (Lipinski definition) is 1. The highest BCUT2D eigenvalue weighted by atomic mass is 16.5. The van der Waals surface area contributed by atoms with Crippen molar-refractivity contribution in [2.75, 3.05) is 32.8 Å². The number of rotatable bonds is 9. The topological polar surface area (TPSA) is 78.9 Å². The molecule has 7 heteroatoms. The third-order valence-corrected chi connectivity index (χ3v) is 3.95. The molecule has 3 rings (SSSR count). The summed E-state index contributed by atoms with van der Waals surface area (Å²) in [4.78, 5) is 16.7. The number of nitrogens with zero attached hydrogens (tertiary/aromatic N) is 1. The molecule has 1 N–H and O–H groups in total. The third-order valence-electron chi connectivity index (χ3n) is 3.95. The molecular formula is C22H22N2O5. The van der Waals surface area contributed by atoms with E-state index in [1.165, 1.54) is 0 Å². The van der Waals surface area contributed by atoms with Gasteiger partial charge in [0.15, 0.2) is 11.5 Å². The summed E-state index contributed by atoms with van der Waals surface area (Å²) in [6.45, 7) is 0.716. The molecule has 0 aliphatic rings. The fourth-order valence-electron chi connectivity index (χ4n) is 2.54. The highest BCUT2D eigenvalue weighted by Gasteiger charge is 2.14. The number of para-hydroxylation sites is 2. The first-order valence-electron chi connectivity index (χ1n) is 9.00. The van der Waals surface area contributed by atoms with Crippen LogP contribution >= 0.6 is 0 Å². The van der Waals surface area contributed by atoms with Crippen molar-refractivity contribution in [3.63, 3.8) is 0 Å². The van der Waals surface area contributed by atoms with Crippen LogP contribution in [0.3, 0.4) is 0 Å². The molecule has 0 aliphatic carbocycles. The van der Waals surface area contributed by atoms with Crippen LogP contribution in [-0.4, -0.2) is 38.3 Å². The zero-order valence-electron chi connectivity index (χ0n) is 16.3. The summed E-state index contributed by atoms with van der Waals surface area (Å²) in [5.74, 6) is 1.82. The minimum atomic E-state index is -0.316. The van der Waals surface area contributed by atoms with Crippen molar-refractivity contribution in [2.24, 2.45) is 0 Å². The minimum absolute atomic E-state index is 0.262. The van der Waals surface area contributed by atoms with Crippen molar-refractivity contribution in [3.05, 3.63) is 72.4 Å². The van der Waals surface area contributed by atoms with E-state index in [4.69, 9.17) is 18.9 Å². The number of nitrogens with one attached hydrogen (secondary N) is 1. The van der Waals surface area contributed by atoms with Crippen molar-refractivity contribution in [1.82, 2.24) is 4.98 Å². The van der Waals surface area contributed by atoms with Gasteiger partial charge in [-0.15, -0.1) is 0 Å². The molecule has 0 atom stereocenters. The van der Waals surface area contributed by atoms with E-state index >= 15 is 0 Å².